The zero-order valence-corrected chi connectivity index (χ0v) is 18.4. The maximum Gasteiger partial charge on any atom is 0.255 e. The van der Waals surface area contributed by atoms with Gasteiger partial charge in [0.05, 0.1) is 17.3 Å². The predicted octanol–water partition coefficient (Wildman–Crippen LogP) is 6.92. The molecule has 5 nitrogen and oxygen atoms in total. The Balaban J connectivity index is 1.59. The number of hydrogen-bond donors (Lipinski definition) is 1. The van der Waals surface area contributed by atoms with Crippen molar-refractivity contribution in [2.24, 2.45) is 0 Å². The molecule has 6 heteroatoms. The maximum atomic E-state index is 12.7. The lowest BCUT2D eigenvalue weighted by Crippen LogP contribution is -2.12. The first-order chi connectivity index (χ1) is 14.9. The third kappa shape index (κ3) is 4.57. The molecular weight excluding hydrogens is 412 g/mol. The highest BCUT2D eigenvalue weighted by molar-refractivity contribution is 6.34. The molecule has 1 N–H and O–H groups in total. The van der Waals surface area contributed by atoms with Crippen LogP contribution in [0.15, 0.2) is 65.1 Å². The Hall–Kier alpha value is -3.31. The molecular formula is C25H23ClN2O3. The summed E-state index contributed by atoms with van der Waals surface area (Å²) >= 11 is 6.33. The van der Waals surface area contributed by atoms with Crippen LogP contribution in [0.5, 0.6) is 5.75 Å². The van der Waals surface area contributed by atoms with Crippen molar-refractivity contribution in [1.82, 2.24) is 4.98 Å². The molecule has 1 heterocycles. The van der Waals surface area contributed by atoms with E-state index >= 15 is 0 Å². The Morgan fingerprint density at radius 1 is 1.10 bits per heavy atom. The van der Waals surface area contributed by atoms with Crippen LogP contribution >= 0.6 is 11.6 Å². The number of amides is 1. The Morgan fingerprint density at radius 2 is 1.87 bits per heavy atom. The third-order valence-electron chi connectivity index (χ3n) is 4.97. The Kier molecular flexibility index (Phi) is 5.96. The van der Waals surface area contributed by atoms with Gasteiger partial charge in [-0.05, 0) is 73.0 Å². The molecule has 158 valence electrons. The van der Waals surface area contributed by atoms with Gasteiger partial charge in [0.25, 0.3) is 5.91 Å². The van der Waals surface area contributed by atoms with E-state index < -0.39 is 0 Å². The van der Waals surface area contributed by atoms with Crippen LogP contribution in [-0.2, 0) is 0 Å². The fourth-order valence-electron chi connectivity index (χ4n) is 3.24. The van der Waals surface area contributed by atoms with Crippen molar-refractivity contribution in [2.75, 3.05) is 11.9 Å². The number of aromatic nitrogens is 1. The van der Waals surface area contributed by atoms with E-state index in [1.54, 1.807) is 36.4 Å². The third-order valence-corrected chi connectivity index (χ3v) is 5.30. The Morgan fingerprint density at radius 3 is 2.58 bits per heavy atom. The molecule has 0 spiro atoms. The van der Waals surface area contributed by atoms with Crippen LogP contribution in [0, 0.1) is 0 Å². The SMILES string of the molecule is CCOc1ccc(C(=O)Nc2cc(-c3nc4cc(C(C)C)ccc4o3)ccc2Cl)cc1. The van der Waals surface area contributed by atoms with Crippen molar-refractivity contribution >= 4 is 34.3 Å². The second kappa shape index (κ2) is 8.82. The molecule has 1 amide bonds. The first-order valence-electron chi connectivity index (χ1n) is 10.2. The lowest BCUT2D eigenvalue weighted by atomic mass is 10.0. The molecule has 4 aromatic rings. The molecule has 0 saturated heterocycles. The van der Waals surface area contributed by atoms with Crippen LogP contribution in [0.1, 0.15) is 42.6 Å². The molecule has 3 aromatic carbocycles. The number of anilines is 1. The summed E-state index contributed by atoms with van der Waals surface area (Å²) in [7, 11) is 0. The summed E-state index contributed by atoms with van der Waals surface area (Å²) in [5, 5.41) is 3.30. The van der Waals surface area contributed by atoms with Crippen LogP contribution < -0.4 is 10.1 Å². The molecule has 1 aromatic heterocycles. The highest BCUT2D eigenvalue weighted by Gasteiger charge is 2.14. The highest BCUT2D eigenvalue weighted by Crippen LogP contribution is 2.31. The summed E-state index contributed by atoms with van der Waals surface area (Å²) < 4.78 is 11.3. The molecule has 4 rings (SSSR count). The van der Waals surface area contributed by atoms with E-state index in [-0.39, 0.29) is 5.91 Å². The number of oxazole rings is 1. The normalized spacial score (nSPS) is 11.1. The van der Waals surface area contributed by atoms with E-state index in [0.29, 0.717) is 40.3 Å². The summed E-state index contributed by atoms with van der Waals surface area (Å²) in [5.74, 6) is 1.34. The zero-order valence-electron chi connectivity index (χ0n) is 17.6. The van der Waals surface area contributed by atoms with Crippen LogP contribution in [0.25, 0.3) is 22.6 Å². The van der Waals surface area contributed by atoms with Gasteiger partial charge in [-0.15, -0.1) is 0 Å². The zero-order chi connectivity index (χ0) is 22.0. The molecule has 0 atom stereocenters. The van der Waals surface area contributed by atoms with E-state index in [9.17, 15) is 4.79 Å². The van der Waals surface area contributed by atoms with Gasteiger partial charge in [-0.3, -0.25) is 4.79 Å². The molecule has 0 aliphatic rings. The van der Waals surface area contributed by atoms with Crippen molar-refractivity contribution in [2.45, 2.75) is 26.7 Å². The number of benzene rings is 3. The quantitative estimate of drug-likeness (QED) is 0.357. The molecule has 0 bridgehead atoms. The van der Waals surface area contributed by atoms with Crippen LogP contribution in [0.3, 0.4) is 0 Å². The summed E-state index contributed by atoms with van der Waals surface area (Å²) in [6.45, 7) is 6.76. The second-order valence-corrected chi connectivity index (χ2v) is 7.91. The van der Waals surface area contributed by atoms with Gasteiger partial charge in [-0.2, -0.15) is 0 Å². The van der Waals surface area contributed by atoms with Crippen molar-refractivity contribution in [3.8, 4) is 17.2 Å². The van der Waals surface area contributed by atoms with Crippen molar-refractivity contribution in [3.63, 3.8) is 0 Å². The predicted molar refractivity (Wildman–Crippen MR) is 124 cm³/mol. The number of carbonyl (C=O) groups excluding carboxylic acids is 1. The largest absolute Gasteiger partial charge is 0.494 e. The van der Waals surface area contributed by atoms with Gasteiger partial charge in [0.2, 0.25) is 5.89 Å². The molecule has 0 radical (unpaired) electrons. The molecule has 0 aliphatic heterocycles. The number of halogens is 1. The Bertz CT molecular complexity index is 1230. The lowest BCUT2D eigenvalue weighted by molar-refractivity contribution is 0.102. The average Bonchev–Trinajstić information content (AvgIpc) is 3.19. The summed E-state index contributed by atoms with van der Waals surface area (Å²) in [6, 6.07) is 18.3. The number of ether oxygens (including phenoxy) is 1. The van der Waals surface area contributed by atoms with Crippen LogP contribution in [0.4, 0.5) is 5.69 Å². The first kappa shape index (κ1) is 20.9. The molecule has 0 unspecified atom stereocenters. The van der Waals surface area contributed by atoms with E-state index in [1.807, 2.05) is 31.2 Å². The number of nitrogens with zero attached hydrogens (tertiary/aromatic N) is 1. The minimum absolute atomic E-state index is 0.263. The highest BCUT2D eigenvalue weighted by atomic mass is 35.5. The minimum Gasteiger partial charge on any atom is -0.494 e. The molecule has 31 heavy (non-hydrogen) atoms. The summed E-state index contributed by atoms with van der Waals surface area (Å²) in [6.07, 6.45) is 0. The van der Waals surface area contributed by atoms with Crippen molar-refractivity contribution < 1.29 is 13.9 Å². The topological polar surface area (TPSA) is 64.4 Å². The molecule has 0 saturated carbocycles. The summed E-state index contributed by atoms with van der Waals surface area (Å²) in [5.41, 5.74) is 4.45. The standard InChI is InChI=1S/C25H23ClN2O3/c1-4-30-19-9-5-16(6-10-19)24(29)27-21-14-18(7-11-20(21)26)25-28-22-13-17(15(2)3)8-12-23(22)31-25/h5-15H,4H2,1-3H3,(H,27,29). The second-order valence-electron chi connectivity index (χ2n) is 7.51. The fourth-order valence-corrected chi connectivity index (χ4v) is 3.41. The van der Waals surface area contributed by atoms with Gasteiger partial charge in [0.15, 0.2) is 5.58 Å². The number of hydrogen-bond acceptors (Lipinski definition) is 4. The smallest absolute Gasteiger partial charge is 0.255 e. The number of nitrogens with one attached hydrogen (secondary N) is 1. The van der Waals surface area contributed by atoms with Crippen LogP contribution in [-0.4, -0.2) is 17.5 Å². The minimum atomic E-state index is -0.263. The lowest BCUT2D eigenvalue weighted by Gasteiger charge is -2.09. The van der Waals surface area contributed by atoms with Gasteiger partial charge in [0, 0.05) is 11.1 Å². The van der Waals surface area contributed by atoms with E-state index in [2.05, 4.69) is 24.1 Å². The van der Waals surface area contributed by atoms with Gasteiger partial charge < -0.3 is 14.5 Å². The van der Waals surface area contributed by atoms with Gasteiger partial charge in [-0.25, -0.2) is 4.98 Å². The summed E-state index contributed by atoms with van der Waals surface area (Å²) in [4.78, 5) is 17.3. The van der Waals surface area contributed by atoms with E-state index in [1.165, 1.54) is 5.56 Å². The number of fused-ring (bicyclic) bond motifs is 1. The van der Waals surface area contributed by atoms with Crippen molar-refractivity contribution in [1.29, 1.82) is 0 Å². The van der Waals surface area contributed by atoms with Crippen LogP contribution in [0.2, 0.25) is 5.02 Å². The van der Waals surface area contributed by atoms with Gasteiger partial charge in [-0.1, -0.05) is 31.5 Å². The van der Waals surface area contributed by atoms with Gasteiger partial charge in [0.1, 0.15) is 11.3 Å². The fraction of sp³-hybridized carbons (Fsp3) is 0.200. The first-order valence-corrected chi connectivity index (χ1v) is 10.6. The van der Waals surface area contributed by atoms with Gasteiger partial charge >= 0.3 is 0 Å². The molecule has 0 fully saturated rings. The number of carbonyl (C=O) groups is 1. The van der Waals surface area contributed by atoms with E-state index in [0.717, 1.165) is 16.8 Å². The van der Waals surface area contributed by atoms with E-state index in [4.69, 9.17) is 20.8 Å². The molecule has 0 aliphatic carbocycles. The average molecular weight is 435 g/mol. The maximum absolute atomic E-state index is 12.7. The van der Waals surface area contributed by atoms with Crippen molar-refractivity contribution in [3.05, 3.63) is 76.8 Å². The number of rotatable bonds is 6. The Labute approximate surface area is 186 Å². The monoisotopic (exact) mass is 434 g/mol.